The highest BCUT2D eigenvalue weighted by Gasteiger charge is 2.37. The Labute approximate surface area is 107 Å². The predicted molar refractivity (Wildman–Crippen MR) is 63.8 cm³/mol. The van der Waals surface area contributed by atoms with Crippen molar-refractivity contribution in [2.24, 2.45) is 4.99 Å². The molecule has 0 N–H and O–H groups in total. The second kappa shape index (κ2) is 5.90. The molecule has 0 aromatic heterocycles. The number of isocyanates is 1. The van der Waals surface area contributed by atoms with Crippen molar-refractivity contribution in [3.8, 4) is 0 Å². The van der Waals surface area contributed by atoms with Gasteiger partial charge in [-0.3, -0.25) is 0 Å². The molecule has 0 bridgehead atoms. The molecule has 2 aliphatic rings. The molecule has 2 saturated heterocycles. The van der Waals surface area contributed by atoms with E-state index >= 15 is 0 Å². The Bertz CT molecular complexity index is 426. The van der Waals surface area contributed by atoms with Crippen molar-refractivity contribution >= 4 is 16.3 Å². The van der Waals surface area contributed by atoms with Gasteiger partial charge in [-0.1, -0.05) is 0 Å². The summed E-state index contributed by atoms with van der Waals surface area (Å²) < 4.78 is 32.7. The first kappa shape index (κ1) is 13.6. The summed E-state index contributed by atoms with van der Waals surface area (Å²) in [5, 5.41) is 0. The molecule has 8 heteroatoms. The van der Waals surface area contributed by atoms with Crippen molar-refractivity contribution in [1.82, 2.24) is 8.61 Å². The van der Waals surface area contributed by atoms with Gasteiger partial charge in [0.15, 0.2) is 0 Å². The van der Waals surface area contributed by atoms with Crippen LogP contribution in [0.5, 0.6) is 0 Å². The molecule has 0 aromatic rings. The number of carbonyl (C=O) groups excluding carboxylic acids is 1. The van der Waals surface area contributed by atoms with Crippen LogP contribution in [0.15, 0.2) is 4.99 Å². The van der Waals surface area contributed by atoms with Gasteiger partial charge in [0.2, 0.25) is 6.08 Å². The summed E-state index contributed by atoms with van der Waals surface area (Å²) in [6.45, 7) is 1.95. The Balaban J connectivity index is 2.17. The molecule has 18 heavy (non-hydrogen) atoms. The minimum Gasteiger partial charge on any atom is -0.379 e. The van der Waals surface area contributed by atoms with Gasteiger partial charge < -0.3 is 4.74 Å². The number of ether oxygens (including phenoxy) is 1. The fraction of sp³-hybridized carbons (Fsp3) is 0.900. The van der Waals surface area contributed by atoms with Crippen LogP contribution in [0.25, 0.3) is 0 Å². The number of rotatable bonds is 3. The predicted octanol–water partition coefficient (Wildman–Crippen LogP) is -0.289. The summed E-state index contributed by atoms with van der Waals surface area (Å²) in [6, 6.07) is 0. The highest BCUT2D eigenvalue weighted by molar-refractivity contribution is 7.86. The monoisotopic (exact) mass is 275 g/mol. The summed E-state index contributed by atoms with van der Waals surface area (Å²) in [5.74, 6) is 0. The van der Waals surface area contributed by atoms with Crippen LogP contribution in [0, 0.1) is 0 Å². The van der Waals surface area contributed by atoms with Gasteiger partial charge in [-0.15, -0.1) is 0 Å². The zero-order valence-electron chi connectivity index (χ0n) is 10.1. The van der Waals surface area contributed by atoms with Gasteiger partial charge in [0, 0.05) is 19.6 Å². The Kier molecular flexibility index (Phi) is 4.47. The minimum atomic E-state index is -3.54. The standard InChI is InChI=1S/C10H17N3O4S/c14-9-11-10-3-1-2-4-13(10)18(15,16)12-5-7-17-8-6-12/h10H,1-8H2. The maximum atomic E-state index is 12.4. The average molecular weight is 275 g/mol. The second-order valence-electron chi connectivity index (χ2n) is 4.33. The largest absolute Gasteiger partial charge is 0.379 e. The van der Waals surface area contributed by atoms with Crippen LogP contribution >= 0.6 is 0 Å². The van der Waals surface area contributed by atoms with Gasteiger partial charge in [-0.25, -0.2) is 4.79 Å². The van der Waals surface area contributed by atoms with Gasteiger partial charge in [0.25, 0.3) is 10.2 Å². The van der Waals surface area contributed by atoms with Crippen molar-refractivity contribution in [2.45, 2.75) is 25.4 Å². The molecular formula is C10H17N3O4S. The molecule has 0 spiro atoms. The average Bonchev–Trinajstić information content (AvgIpc) is 2.41. The lowest BCUT2D eigenvalue weighted by molar-refractivity contribution is 0.0683. The number of piperidine rings is 1. The van der Waals surface area contributed by atoms with Crippen molar-refractivity contribution in [1.29, 1.82) is 0 Å². The van der Waals surface area contributed by atoms with Gasteiger partial charge in [0.05, 0.1) is 13.2 Å². The van der Waals surface area contributed by atoms with Crippen LogP contribution in [0.3, 0.4) is 0 Å². The van der Waals surface area contributed by atoms with Crippen molar-refractivity contribution < 1.29 is 17.9 Å². The quantitative estimate of drug-likeness (QED) is 0.524. The van der Waals surface area contributed by atoms with E-state index in [9.17, 15) is 13.2 Å². The third-order valence-corrected chi connectivity index (χ3v) is 5.25. The zero-order chi connectivity index (χ0) is 13.0. The third-order valence-electron chi connectivity index (χ3n) is 3.22. The Morgan fingerprint density at radius 3 is 2.56 bits per heavy atom. The van der Waals surface area contributed by atoms with Crippen LogP contribution in [0.2, 0.25) is 0 Å². The topological polar surface area (TPSA) is 79.3 Å². The molecule has 0 aliphatic carbocycles. The molecule has 1 unspecified atom stereocenters. The molecule has 0 aromatic carbocycles. The van der Waals surface area contributed by atoms with Gasteiger partial charge >= 0.3 is 0 Å². The number of aliphatic imine (C=N–C) groups is 1. The summed E-state index contributed by atoms with van der Waals surface area (Å²) in [5.41, 5.74) is 0. The molecule has 2 aliphatic heterocycles. The van der Waals surface area contributed by atoms with Crippen LogP contribution in [0.4, 0.5) is 0 Å². The van der Waals surface area contributed by atoms with Gasteiger partial charge in [-0.05, 0) is 19.3 Å². The summed E-state index contributed by atoms with van der Waals surface area (Å²) >= 11 is 0. The Morgan fingerprint density at radius 1 is 1.17 bits per heavy atom. The van der Waals surface area contributed by atoms with Crippen molar-refractivity contribution in [2.75, 3.05) is 32.8 Å². The van der Waals surface area contributed by atoms with Crippen LogP contribution in [0.1, 0.15) is 19.3 Å². The molecule has 2 rings (SSSR count). The molecule has 7 nitrogen and oxygen atoms in total. The summed E-state index contributed by atoms with van der Waals surface area (Å²) in [4.78, 5) is 14.0. The lowest BCUT2D eigenvalue weighted by Crippen LogP contribution is -2.52. The molecule has 0 amide bonds. The van der Waals surface area contributed by atoms with E-state index in [-0.39, 0.29) is 0 Å². The lowest BCUT2D eigenvalue weighted by atomic mass is 10.1. The molecular weight excluding hydrogens is 258 g/mol. The highest BCUT2D eigenvalue weighted by atomic mass is 32.2. The van der Waals surface area contributed by atoms with Gasteiger partial charge in [0.1, 0.15) is 6.17 Å². The molecule has 0 saturated carbocycles. The van der Waals surface area contributed by atoms with E-state index in [1.54, 1.807) is 0 Å². The first-order chi connectivity index (χ1) is 8.66. The van der Waals surface area contributed by atoms with E-state index in [1.807, 2.05) is 0 Å². The maximum absolute atomic E-state index is 12.4. The first-order valence-corrected chi connectivity index (χ1v) is 7.47. The SMILES string of the molecule is O=C=NC1CCCCN1S(=O)(=O)N1CCOCC1. The van der Waals surface area contributed by atoms with E-state index in [1.165, 1.54) is 14.7 Å². The number of hydrogen-bond acceptors (Lipinski definition) is 5. The summed E-state index contributed by atoms with van der Waals surface area (Å²) in [7, 11) is -3.54. The van der Waals surface area contributed by atoms with E-state index in [0.717, 1.165) is 12.8 Å². The second-order valence-corrected chi connectivity index (χ2v) is 6.21. The van der Waals surface area contributed by atoms with Gasteiger partial charge in [-0.2, -0.15) is 22.0 Å². The fourth-order valence-electron chi connectivity index (χ4n) is 2.27. The Hall–Kier alpha value is -0.790. The minimum absolute atomic E-state index is 0.357. The van der Waals surface area contributed by atoms with E-state index in [0.29, 0.717) is 39.3 Å². The lowest BCUT2D eigenvalue weighted by Gasteiger charge is -2.36. The van der Waals surface area contributed by atoms with E-state index in [2.05, 4.69) is 4.99 Å². The maximum Gasteiger partial charge on any atom is 0.284 e. The third kappa shape index (κ3) is 2.78. The van der Waals surface area contributed by atoms with Crippen LogP contribution in [-0.4, -0.2) is 62.1 Å². The highest BCUT2D eigenvalue weighted by Crippen LogP contribution is 2.23. The molecule has 2 fully saturated rings. The van der Waals surface area contributed by atoms with E-state index < -0.39 is 16.4 Å². The summed E-state index contributed by atoms with van der Waals surface area (Å²) in [6.07, 6.45) is 3.14. The van der Waals surface area contributed by atoms with Crippen molar-refractivity contribution in [3.63, 3.8) is 0 Å². The zero-order valence-corrected chi connectivity index (χ0v) is 10.9. The number of nitrogens with zero attached hydrogens (tertiary/aromatic N) is 3. The van der Waals surface area contributed by atoms with Crippen LogP contribution < -0.4 is 0 Å². The number of hydrogen-bond donors (Lipinski definition) is 0. The normalized spacial score (nSPS) is 27.7. The van der Waals surface area contributed by atoms with Crippen LogP contribution in [-0.2, 0) is 19.7 Å². The fourth-order valence-corrected chi connectivity index (χ4v) is 4.00. The van der Waals surface area contributed by atoms with Crippen molar-refractivity contribution in [3.05, 3.63) is 0 Å². The Morgan fingerprint density at radius 2 is 1.89 bits per heavy atom. The smallest absolute Gasteiger partial charge is 0.284 e. The molecule has 1 atom stereocenters. The molecule has 102 valence electrons. The first-order valence-electron chi connectivity index (χ1n) is 6.08. The molecule has 0 radical (unpaired) electrons. The number of morpholine rings is 1. The molecule has 2 heterocycles. The van der Waals surface area contributed by atoms with E-state index in [4.69, 9.17) is 4.74 Å².